The number of aliphatic imine (C=N–C) groups is 1. The molecule has 0 heterocycles. The van der Waals surface area contributed by atoms with E-state index in [1.54, 1.807) is 0 Å². The van der Waals surface area contributed by atoms with Gasteiger partial charge in [0.25, 0.3) is 0 Å². The van der Waals surface area contributed by atoms with Gasteiger partial charge >= 0.3 is 0 Å². The van der Waals surface area contributed by atoms with E-state index < -0.39 is 0 Å². The predicted octanol–water partition coefficient (Wildman–Crippen LogP) is 2.46. The number of hydrogen-bond donors (Lipinski definition) is 2. The number of hydrogen-bond acceptors (Lipinski definition) is 2. The molecular weight excluding hydrogens is 248 g/mol. The summed E-state index contributed by atoms with van der Waals surface area (Å²) in [5, 5.41) is 6.82. The summed E-state index contributed by atoms with van der Waals surface area (Å²) >= 11 is 0. The molecule has 20 heavy (non-hydrogen) atoms. The van der Waals surface area contributed by atoms with E-state index in [1.165, 1.54) is 25.7 Å². The highest BCUT2D eigenvalue weighted by Crippen LogP contribution is 2.33. The molecule has 0 amide bonds. The second-order valence-corrected chi connectivity index (χ2v) is 6.44. The Morgan fingerprint density at radius 3 is 2.20 bits per heavy atom. The van der Waals surface area contributed by atoms with Crippen molar-refractivity contribution in [2.75, 3.05) is 26.7 Å². The quantitative estimate of drug-likeness (QED) is 0.388. The molecule has 1 fully saturated rings. The van der Waals surface area contributed by atoms with Crippen LogP contribution in [0.4, 0.5) is 0 Å². The van der Waals surface area contributed by atoms with E-state index in [0.29, 0.717) is 12.1 Å². The minimum absolute atomic E-state index is 0.588. The second-order valence-electron chi connectivity index (χ2n) is 6.44. The van der Waals surface area contributed by atoms with E-state index in [1.807, 2.05) is 7.05 Å². The van der Waals surface area contributed by atoms with Crippen molar-refractivity contribution in [2.24, 2.45) is 10.9 Å². The van der Waals surface area contributed by atoms with Crippen molar-refractivity contribution >= 4 is 5.96 Å². The van der Waals surface area contributed by atoms with Crippen molar-refractivity contribution in [3.8, 4) is 0 Å². The number of guanidine groups is 1. The summed E-state index contributed by atoms with van der Waals surface area (Å²) in [5.41, 5.74) is 0. The zero-order valence-corrected chi connectivity index (χ0v) is 14.1. The highest BCUT2D eigenvalue weighted by Gasteiger charge is 2.20. The third kappa shape index (κ3) is 7.13. The van der Waals surface area contributed by atoms with Crippen molar-refractivity contribution < 1.29 is 0 Å². The molecule has 0 aromatic rings. The molecule has 1 rings (SSSR count). The van der Waals surface area contributed by atoms with Crippen LogP contribution in [-0.2, 0) is 0 Å². The summed E-state index contributed by atoms with van der Waals surface area (Å²) in [5.74, 6) is 1.96. The molecule has 118 valence electrons. The van der Waals surface area contributed by atoms with Crippen LogP contribution in [-0.4, -0.2) is 49.6 Å². The maximum Gasteiger partial charge on any atom is 0.191 e. The lowest BCUT2D eigenvalue weighted by atomic mass is 10.2. The molecule has 0 atom stereocenters. The summed E-state index contributed by atoms with van der Waals surface area (Å²) in [4.78, 5) is 6.78. The fourth-order valence-electron chi connectivity index (χ4n) is 2.64. The molecule has 0 spiro atoms. The third-order valence-corrected chi connectivity index (χ3v) is 3.99. The van der Waals surface area contributed by atoms with Crippen LogP contribution in [0.3, 0.4) is 0 Å². The van der Waals surface area contributed by atoms with E-state index in [2.05, 4.69) is 48.2 Å². The van der Waals surface area contributed by atoms with E-state index >= 15 is 0 Å². The van der Waals surface area contributed by atoms with E-state index in [-0.39, 0.29) is 0 Å². The van der Waals surface area contributed by atoms with Crippen LogP contribution in [0, 0.1) is 5.92 Å². The Hall–Kier alpha value is -0.770. The van der Waals surface area contributed by atoms with Crippen LogP contribution in [0.2, 0.25) is 0 Å². The molecule has 0 aromatic heterocycles. The van der Waals surface area contributed by atoms with Gasteiger partial charge in [-0.3, -0.25) is 9.89 Å². The highest BCUT2D eigenvalue weighted by atomic mass is 15.2. The van der Waals surface area contributed by atoms with Gasteiger partial charge in [0.15, 0.2) is 5.96 Å². The molecule has 0 aromatic carbocycles. The van der Waals surface area contributed by atoms with Gasteiger partial charge in [0.1, 0.15) is 0 Å². The Morgan fingerprint density at radius 1 is 1.10 bits per heavy atom. The molecule has 4 heteroatoms. The van der Waals surface area contributed by atoms with Crippen LogP contribution >= 0.6 is 0 Å². The Bertz CT molecular complexity index is 274. The second kappa shape index (κ2) is 9.22. The largest absolute Gasteiger partial charge is 0.356 e. The number of rotatable bonds is 9. The highest BCUT2D eigenvalue weighted by molar-refractivity contribution is 5.79. The third-order valence-electron chi connectivity index (χ3n) is 3.99. The first-order chi connectivity index (χ1) is 9.54. The summed E-state index contributed by atoms with van der Waals surface area (Å²) < 4.78 is 0. The van der Waals surface area contributed by atoms with E-state index in [4.69, 9.17) is 0 Å². The fraction of sp³-hybridized carbons (Fsp3) is 0.938. The zero-order chi connectivity index (χ0) is 15.0. The summed E-state index contributed by atoms with van der Waals surface area (Å²) in [6.45, 7) is 12.1. The molecular formula is C16H34N4. The molecule has 0 saturated heterocycles. The van der Waals surface area contributed by atoms with Crippen molar-refractivity contribution in [1.82, 2.24) is 15.5 Å². The lowest BCUT2D eigenvalue weighted by Gasteiger charge is -2.30. The monoisotopic (exact) mass is 282 g/mol. The van der Waals surface area contributed by atoms with E-state index in [9.17, 15) is 0 Å². The van der Waals surface area contributed by atoms with Crippen LogP contribution in [0.25, 0.3) is 0 Å². The molecule has 4 nitrogen and oxygen atoms in total. The van der Waals surface area contributed by atoms with Crippen LogP contribution in [0.1, 0.15) is 53.4 Å². The summed E-state index contributed by atoms with van der Waals surface area (Å²) in [6.07, 6.45) is 5.54. The topological polar surface area (TPSA) is 39.7 Å². The lowest BCUT2D eigenvalue weighted by molar-refractivity contribution is 0.178. The normalized spacial score (nSPS) is 16.3. The molecule has 0 aliphatic heterocycles. The molecule has 1 saturated carbocycles. The standard InChI is InChI=1S/C16H34N4/c1-13(2)20(14(3)4)12-11-19-16(17-5)18-10-6-7-15-8-9-15/h13-15H,6-12H2,1-5H3,(H2,17,18,19). The molecule has 0 unspecified atom stereocenters. The van der Waals surface area contributed by atoms with Gasteiger partial charge < -0.3 is 10.6 Å². The number of nitrogens with zero attached hydrogens (tertiary/aromatic N) is 2. The SMILES string of the molecule is CN=C(NCCCC1CC1)NCCN(C(C)C)C(C)C. The smallest absolute Gasteiger partial charge is 0.191 e. The fourth-order valence-corrected chi connectivity index (χ4v) is 2.64. The van der Waals surface area contributed by atoms with Gasteiger partial charge in [-0.1, -0.05) is 12.8 Å². The maximum atomic E-state index is 4.28. The summed E-state index contributed by atoms with van der Waals surface area (Å²) in [6, 6.07) is 1.18. The first-order valence-electron chi connectivity index (χ1n) is 8.24. The maximum absolute atomic E-state index is 4.28. The lowest BCUT2D eigenvalue weighted by Crippen LogP contribution is -2.45. The van der Waals surface area contributed by atoms with Crippen LogP contribution < -0.4 is 10.6 Å². The summed E-state index contributed by atoms with van der Waals surface area (Å²) in [7, 11) is 1.85. The minimum Gasteiger partial charge on any atom is -0.356 e. The Balaban J connectivity index is 2.12. The van der Waals surface area contributed by atoms with Gasteiger partial charge in [-0.15, -0.1) is 0 Å². The molecule has 0 radical (unpaired) electrons. The average Bonchev–Trinajstić information content (AvgIpc) is 3.20. The van der Waals surface area contributed by atoms with Gasteiger partial charge in [0, 0.05) is 38.8 Å². The van der Waals surface area contributed by atoms with Crippen molar-refractivity contribution in [3.05, 3.63) is 0 Å². The van der Waals surface area contributed by atoms with Crippen molar-refractivity contribution in [2.45, 2.75) is 65.5 Å². The van der Waals surface area contributed by atoms with Gasteiger partial charge in [-0.05, 0) is 46.5 Å². The van der Waals surface area contributed by atoms with E-state index in [0.717, 1.165) is 31.5 Å². The van der Waals surface area contributed by atoms with Crippen molar-refractivity contribution in [1.29, 1.82) is 0 Å². The van der Waals surface area contributed by atoms with Gasteiger partial charge in [-0.2, -0.15) is 0 Å². The molecule has 2 N–H and O–H groups in total. The zero-order valence-electron chi connectivity index (χ0n) is 14.1. The first kappa shape index (κ1) is 17.3. The predicted molar refractivity (Wildman–Crippen MR) is 88.3 cm³/mol. The molecule has 1 aliphatic rings. The molecule has 1 aliphatic carbocycles. The van der Waals surface area contributed by atoms with Gasteiger partial charge in [0.2, 0.25) is 0 Å². The average molecular weight is 282 g/mol. The van der Waals surface area contributed by atoms with Crippen LogP contribution in [0.5, 0.6) is 0 Å². The van der Waals surface area contributed by atoms with Gasteiger partial charge in [-0.25, -0.2) is 0 Å². The Kier molecular flexibility index (Phi) is 7.97. The number of nitrogens with one attached hydrogen (secondary N) is 2. The Morgan fingerprint density at radius 2 is 1.70 bits per heavy atom. The van der Waals surface area contributed by atoms with Gasteiger partial charge in [0.05, 0.1) is 0 Å². The Labute approximate surface area is 125 Å². The van der Waals surface area contributed by atoms with Crippen molar-refractivity contribution in [3.63, 3.8) is 0 Å². The first-order valence-corrected chi connectivity index (χ1v) is 8.24. The molecule has 0 bridgehead atoms. The van der Waals surface area contributed by atoms with Crippen LogP contribution in [0.15, 0.2) is 4.99 Å². The minimum atomic E-state index is 0.588.